The highest BCUT2D eigenvalue weighted by atomic mass is 35.5. The molecule has 0 saturated carbocycles. The van der Waals surface area contributed by atoms with E-state index in [1.165, 1.54) is 18.2 Å². The van der Waals surface area contributed by atoms with Gasteiger partial charge in [-0.15, -0.1) is 0 Å². The maximum Gasteiger partial charge on any atom is 0.224 e. The van der Waals surface area contributed by atoms with Gasteiger partial charge in [0.1, 0.15) is 35.6 Å². The van der Waals surface area contributed by atoms with Crippen molar-refractivity contribution in [3.05, 3.63) is 59.4 Å². The Morgan fingerprint density at radius 3 is 2.69 bits per heavy atom. The molecule has 0 spiro atoms. The van der Waals surface area contributed by atoms with Crippen molar-refractivity contribution in [1.82, 2.24) is 19.7 Å². The van der Waals surface area contributed by atoms with Crippen LogP contribution in [-0.4, -0.2) is 69.7 Å². The van der Waals surface area contributed by atoms with E-state index in [-0.39, 0.29) is 10.9 Å². The summed E-state index contributed by atoms with van der Waals surface area (Å²) in [6.45, 7) is 5.13. The minimum atomic E-state index is -1.06. The molecule has 2 atom stereocenters. The first-order valence-corrected chi connectivity index (χ1v) is 11.7. The Morgan fingerprint density at radius 2 is 2.00 bits per heavy atom. The van der Waals surface area contributed by atoms with Crippen LogP contribution in [-0.2, 0) is 4.79 Å². The molecule has 1 aliphatic rings. The third kappa shape index (κ3) is 5.49. The monoisotopic (exact) mass is 502 g/mol. The molecule has 9 nitrogen and oxygen atoms in total. The lowest BCUT2D eigenvalue weighted by atomic mass is 10.2. The Kier molecular flexibility index (Phi) is 7.42. The van der Waals surface area contributed by atoms with Crippen molar-refractivity contribution in [1.29, 1.82) is 0 Å². The van der Waals surface area contributed by atoms with E-state index < -0.39 is 18.1 Å². The summed E-state index contributed by atoms with van der Waals surface area (Å²) in [5, 5.41) is 17.9. The summed E-state index contributed by atoms with van der Waals surface area (Å²) in [6.07, 6.45) is 0.874. The van der Waals surface area contributed by atoms with Crippen molar-refractivity contribution >= 4 is 28.9 Å². The average Bonchev–Trinajstić information content (AvgIpc) is 3.18. The van der Waals surface area contributed by atoms with Gasteiger partial charge in [-0.2, -0.15) is 5.10 Å². The number of aliphatic hydroxyl groups excluding tert-OH is 1. The number of rotatable bonds is 7. The SMILES string of the molecule is COc1cc(N2CCC(=O)N(C(C)C(O)Nc3ccc(F)c(Cl)c3)CC2)ccc1-n1cnc(C)n1. The fraction of sp³-hybridized carbons (Fsp3) is 0.375. The third-order valence-electron chi connectivity index (χ3n) is 6.09. The third-order valence-corrected chi connectivity index (χ3v) is 6.38. The van der Waals surface area contributed by atoms with Gasteiger partial charge in [-0.25, -0.2) is 14.1 Å². The Hall–Kier alpha value is -3.37. The van der Waals surface area contributed by atoms with Crippen LogP contribution in [0.4, 0.5) is 15.8 Å². The maximum atomic E-state index is 13.4. The summed E-state index contributed by atoms with van der Waals surface area (Å²) in [6, 6.07) is 9.39. The van der Waals surface area contributed by atoms with Gasteiger partial charge in [-0.3, -0.25) is 4.79 Å². The largest absolute Gasteiger partial charge is 0.494 e. The van der Waals surface area contributed by atoms with Gasteiger partial charge in [-0.1, -0.05) is 11.6 Å². The van der Waals surface area contributed by atoms with Crippen molar-refractivity contribution < 1.29 is 19.0 Å². The number of nitrogens with zero attached hydrogens (tertiary/aromatic N) is 5. The van der Waals surface area contributed by atoms with E-state index in [1.807, 2.05) is 25.1 Å². The molecule has 2 heterocycles. The minimum absolute atomic E-state index is 0.0447. The second kappa shape index (κ2) is 10.5. The molecule has 2 unspecified atom stereocenters. The molecule has 1 amide bonds. The number of benzene rings is 2. The molecule has 1 aliphatic heterocycles. The molecule has 2 aromatic carbocycles. The topological polar surface area (TPSA) is 95.8 Å². The zero-order valence-corrected chi connectivity index (χ0v) is 20.5. The fourth-order valence-corrected chi connectivity index (χ4v) is 4.27. The first-order valence-electron chi connectivity index (χ1n) is 11.3. The van der Waals surface area contributed by atoms with Crippen molar-refractivity contribution in [3.63, 3.8) is 0 Å². The van der Waals surface area contributed by atoms with Gasteiger partial charge in [0.25, 0.3) is 0 Å². The first kappa shape index (κ1) is 24.7. The van der Waals surface area contributed by atoms with Gasteiger partial charge in [0.05, 0.1) is 18.2 Å². The molecule has 0 radical (unpaired) electrons. The quantitative estimate of drug-likeness (QED) is 0.479. The number of methoxy groups -OCH3 is 1. The highest BCUT2D eigenvalue weighted by Gasteiger charge is 2.29. The summed E-state index contributed by atoms with van der Waals surface area (Å²) in [4.78, 5) is 20.8. The van der Waals surface area contributed by atoms with Crippen LogP contribution in [0.15, 0.2) is 42.7 Å². The normalized spacial score (nSPS) is 16.1. The highest BCUT2D eigenvalue weighted by molar-refractivity contribution is 6.31. The molecule has 0 aliphatic carbocycles. The number of ether oxygens (including phenoxy) is 1. The summed E-state index contributed by atoms with van der Waals surface area (Å²) >= 11 is 5.83. The number of nitrogens with one attached hydrogen (secondary N) is 1. The van der Waals surface area contributed by atoms with Crippen LogP contribution in [0, 0.1) is 12.7 Å². The van der Waals surface area contributed by atoms with E-state index >= 15 is 0 Å². The number of hydrogen-bond donors (Lipinski definition) is 2. The predicted octanol–water partition coefficient (Wildman–Crippen LogP) is 3.23. The van der Waals surface area contributed by atoms with Crippen LogP contribution in [0.3, 0.4) is 0 Å². The van der Waals surface area contributed by atoms with Crippen LogP contribution in [0.5, 0.6) is 5.75 Å². The van der Waals surface area contributed by atoms with Gasteiger partial charge in [0.15, 0.2) is 0 Å². The van der Waals surface area contributed by atoms with Crippen molar-refractivity contribution in [2.45, 2.75) is 32.5 Å². The lowest BCUT2D eigenvalue weighted by Gasteiger charge is -2.32. The standard InChI is InChI=1S/C24H28ClFN6O3/c1-15(24(34)28-17-4-6-20(26)19(25)12-17)31-11-10-30(9-8-23(31)33)18-5-7-21(22(13-18)35-3)32-14-27-16(2)29-32/h4-7,12-15,24,28,34H,8-11H2,1-3H3. The second-order valence-corrected chi connectivity index (χ2v) is 8.78. The van der Waals surface area contributed by atoms with E-state index in [1.54, 1.807) is 29.9 Å². The average molecular weight is 503 g/mol. The molecule has 3 aromatic rings. The zero-order chi connectivity index (χ0) is 25.1. The summed E-state index contributed by atoms with van der Waals surface area (Å²) < 4.78 is 20.7. The molecule has 1 fully saturated rings. The van der Waals surface area contributed by atoms with Crippen molar-refractivity contribution in [2.75, 3.05) is 37.0 Å². The molecule has 35 heavy (non-hydrogen) atoms. The van der Waals surface area contributed by atoms with Gasteiger partial charge in [0.2, 0.25) is 5.91 Å². The molecule has 4 rings (SSSR count). The van der Waals surface area contributed by atoms with Crippen molar-refractivity contribution in [3.8, 4) is 11.4 Å². The number of amides is 1. The summed E-state index contributed by atoms with van der Waals surface area (Å²) in [5.41, 5.74) is 2.16. The van der Waals surface area contributed by atoms with Crippen LogP contribution < -0.4 is 15.0 Å². The highest BCUT2D eigenvalue weighted by Crippen LogP contribution is 2.29. The number of aliphatic hydroxyl groups is 1. The Labute approximate surface area is 208 Å². The molecule has 0 bridgehead atoms. The maximum absolute atomic E-state index is 13.4. The van der Waals surface area contributed by atoms with Crippen LogP contribution in [0.2, 0.25) is 5.02 Å². The molecule has 11 heteroatoms. The molecule has 186 valence electrons. The lowest BCUT2D eigenvalue weighted by molar-refractivity contribution is -0.134. The van der Waals surface area contributed by atoms with Gasteiger partial charge < -0.3 is 25.0 Å². The number of aromatic nitrogens is 3. The number of halogens is 2. The number of anilines is 2. The van der Waals surface area contributed by atoms with E-state index in [2.05, 4.69) is 20.3 Å². The molecule has 1 aromatic heterocycles. The van der Waals surface area contributed by atoms with Crippen LogP contribution >= 0.6 is 11.6 Å². The van der Waals surface area contributed by atoms with Gasteiger partial charge >= 0.3 is 0 Å². The number of hydrogen-bond acceptors (Lipinski definition) is 7. The van der Waals surface area contributed by atoms with Gasteiger partial charge in [0, 0.05) is 43.5 Å². The van der Waals surface area contributed by atoms with E-state index in [0.717, 1.165) is 11.4 Å². The smallest absolute Gasteiger partial charge is 0.224 e. The Morgan fingerprint density at radius 1 is 1.20 bits per heavy atom. The summed E-state index contributed by atoms with van der Waals surface area (Å²) in [7, 11) is 1.60. The number of aryl methyl sites for hydroxylation is 1. The first-order chi connectivity index (χ1) is 16.8. The zero-order valence-electron chi connectivity index (χ0n) is 19.8. The number of carbonyl (C=O) groups excluding carboxylic acids is 1. The molecule has 1 saturated heterocycles. The Bertz CT molecular complexity index is 1210. The van der Waals surface area contributed by atoms with E-state index in [9.17, 15) is 14.3 Å². The molecular weight excluding hydrogens is 475 g/mol. The number of carbonyl (C=O) groups is 1. The Balaban J connectivity index is 1.45. The van der Waals surface area contributed by atoms with Crippen LogP contribution in [0.25, 0.3) is 5.69 Å². The molecular formula is C24H28ClFN6O3. The second-order valence-electron chi connectivity index (χ2n) is 8.38. The van der Waals surface area contributed by atoms with Crippen molar-refractivity contribution in [2.24, 2.45) is 0 Å². The van der Waals surface area contributed by atoms with E-state index in [0.29, 0.717) is 43.3 Å². The fourth-order valence-electron chi connectivity index (χ4n) is 4.09. The predicted molar refractivity (Wildman–Crippen MR) is 132 cm³/mol. The van der Waals surface area contributed by atoms with Gasteiger partial charge in [-0.05, 0) is 44.2 Å². The lowest BCUT2D eigenvalue weighted by Crippen LogP contribution is -2.48. The van der Waals surface area contributed by atoms with Crippen LogP contribution in [0.1, 0.15) is 19.2 Å². The summed E-state index contributed by atoms with van der Waals surface area (Å²) in [5.74, 6) is 0.713. The molecule has 2 N–H and O–H groups in total. The van der Waals surface area contributed by atoms with E-state index in [4.69, 9.17) is 16.3 Å². The minimum Gasteiger partial charge on any atom is -0.494 e.